The van der Waals surface area contributed by atoms with E-state index in [1.165, 1.54) is 11.6 Å². The van der Waals surface area contributed by atoms with Crippen LogP contribution in [0, 0.1) is 0 Å². The van der Waals surface area contributed by atoms with E-state index in [1.807, 2.05) is 6.08 Å². The van der Waals surface area contributed by atoms with Gasteiger partial charge < -0.3 is 15.7 Å². The Kier molecular flexibility index (Phi) is 7.93. The Morgan fingerprint density at radius 1 is 0.939 bits per heavy atom. The minimum absolute atomic E-state index is 0.00194. The second-order valence-electron chi connectivity index (χ2n) is 7.56. The molecule has 1 aromatic heterocycles. The van der Waals surface area contributed by atoms with E-state index >= 15 is 0 Å². The van der Waals surface area contributed by atoms with E-state index < -0.39 is 29.7 Å². The summed E-state index contributed by atoms with van der Waals surface area (Å²) in [6, 6.07) is 5.66. The average molecular weight is 471 g/mol. The van der Waals surface area contributed by atoms with Gasteiger partial charge >= 0.3 is 12.4 Å². The largest absolute Gasteiger partial charge is 0.433 e. The molecule has 3 N–H and O–H groups in total. The highest BCUT2D eigenvalue weighted by atomic mass is 19.4. The van der Waals surface area contributed by atoms with Crippen LogP contribution in [0.3, 0.4) is 0 Å². The number of aliphatic hydroxyl groups is 1. The first kappa shape index (κ1) is 24.9. The molecule has 1 aromatic carbocycles. The molecule has 3 rings (SSSR count). The number of nitrogens with one attached hydrogen (secondary N) is 2. The maximum Gasteiger partial charge on any atom is 0.433 e. The fourth-order valence-corrected chi connectivity index (χ4v) is 3.27. The minimum Gasteiger partial charge on any atom is -0.387 e. The van der Waals surface area contributed by atoms with Crippen LogP contribution >= 0.6 is 0 Å². The normalized spacial score (nSPS) is 15.1. The van der Waals surface area contributed by atoms with E-state index in [0.29, 0.717) is 19.6 Å². The first-order valence-electron chi connectivity index (χ1n) is 10.3. The zero-order chi connectivity index (χ0) is 24.1. The van der Waals surface area contributed by atoms with Gasteiger partial charge in [-0.05, 0) is 41.8 Å². The molecule has 4 nitrogen and oxygen atoms in total. The molecule has 0 unspecified atom stereocenters. The Morgan fingerprint density at radius 3 is 2.24 bits per heavy atom. The van der Waals surface area contributed by atoms with Crippen molar-refractivity contribution >= 4 is 0 Å². The Morgan fingerprint density at radius 2 is 1.64 bits per heavy atom. The quantitative estimate of drug-likeness (QED) is 0.360. The van der Waals surface area contributed by atoms with Crippen molar-refractivity contribution in [3.8, 4) is 11.3 Å². The van der Waals surface area contributed by atoms with E-state index in [1.54, 1.807) is 0 Å². The highest BCUT2D eigenvalue weighted by Gasteiger charge is 2.34. The van der Waals surface area contributed by atoms with E-state index in [9.17, 15) is 31.4 Å². The summed E-state index contributed by atoms with van der Waals surface area (Å²) in [5, 5.41) is 16.6. The molecule has 0 saturated carbocycles. The molecule has 1 aliphatic carbocycles. The summed E-state index contributed by atoms with van der Waals surface area (Å²) in [4.78, 5) is 3.55. The number of pyridine rings is 1. The van der Waals surface area contributed by atoms with Crippen LogP contribution in [0.1, 0.15) is 29.3 Å². The zero-order valence-electron chi connectivity index (χ0n) is 17.5. The molecule has 0 bridgehead atoms. The molecule has 0 radical (unpaired) electrons. The second kappa shape index (κ2) is 10.5. The summed E-state index contributed by atoms with van der Waals surface area (Å²) < 4.78 is 78.3. The number of nitrogens with zero attached hydrogens (tertiary/aromatic N) is 1. The zero-order valence-corrected chi connectivity index (χ0v) is 17.5. The third kappa shape index (κ3) is 7.15. The van der Waals surface area contributed by atoms with Crippen molar-refractivity contribution in [1.82, 2.24) is 15.6 Å². The molecule has 0 aliphatic heterocycles. The number of aromatic nitrogens is 1. The molecular weight excluding hydrogens is 448 g/mol. The monoisotopic (exact) mass is 471 g/mol. The molecule has 10 heteroatoms. The molecule has 0 spiro atoms. The summed E-state index contributed by atoms with van der Waals surface area (Å²) in [6.07, 6.45) is -3.51. The number of alkyl halides is 6. The second-order valence-corrected chi connectivity index (χ2v) is 7.56. The Labute approximate surface area is 187 Å². The fraction of sp³-hybridized carbons (Fsp3) is 0.348. The van der Waals surface area contributed by atoms with Crippen LogP contribution in [0.15, 0.2) is 60.2 Å². The predicted molar refractivity (Wildman–Crippen MR) is 112 cm³/mol. The maximum absolute atomic E-state index is 13.3. The van der Waals surface area contributed by atoms with Gasteiger partial charge in [0.25, 0.3) is 0 Å². The molecule has 33 heavy (non-hydrogen) atoms. The predicted octanol–water partition coefficient (Wildman–Crippen LogP) is 4.89. The first-order chi connectivity index (χ1) is 15.5. The van der Waals surface area contributed by atoms with Crippen LogP contribution in [-0.4, -0.2) is 36.3 Å². The van der Waals surface area contributed by atoms with E-state index in [-0.39, 0.29) is 23.4 Å². The topological polar surface area (TPSA) is 57.2 Å². The summed E-state index contributed by atoms with van der Waals surface area (Å²) in [6.45, 7) is 1.78. The van der Waals surface area contributed by atoms with Gasteiger partial charge in [0.1, 0.15) is 5.69 Å². The number of hydrogen-bond acceptors (Lipinski definition) is 4. The molecule has 178 valence electrons. The van der Waals surface area contributed by atoms with Crippen molar-refractivity contribution in [2.75, 3.05) is 26.2 Å². The standard InChI is InChI=1S/C23H23F6N3O/c24-22(25,26)18-7-5-16(6-8-18)19-11-17(12-21(32-19)23(27,28)29)20(33)14-31-10-9-30-13-15-3-1-2-4-15/h1,3-8,11-12,20,30-31,33H,2,9-10,13-14H2/t20-/m1/s1. The number of halogens is 6. The van der Waals surface area contributed by atoms with Gasteiger partial charge in [0.15, 0.2) is 0 Å². The SMILES string of the molecule is O[C@H](CNCCNCC1=CCC=C1)c1cc(-c2ccc(C(F)(F)F)cc2)nc(C(F)(F)F)c1. The van der Waals surface area contributed by atoms with Gasteiger partial charge in [0.05, 0.1) is 17.4 Å². The van der Waals surface area contributed by atoms with Gasteiger partial charge in [-0.3, -0.25) is 0 Å². The van der Waals surface area contributed by atoms with Gasteiger partial charge in [-0.15, -0.1) is 0 Å². The van der Waals surface area contributed by atoms with Crippen molar-refractivity contribution < 1.29 is 31.4 Å². The lowest BCUT2D eigenvalue weighted by Crippen LogP contribution is -2.31. The number of hydrogen-bond donors (Lipinski definition) is 3. The van der Waals surface area contributed by atoms with E-state index in [0.717, 1.165) is 36.8 Å². The van der Waals surface area contributed by atoms with E-state index in [2.05, 4.69) is 27.8 Å². The van der Waals surface area contributed by atoms with Gasteiger partial charge in [0, 0.05) is 31.7 Å². The van der Waals surface area contributed by atoms with Crippen LogP contribution in [-0.2, 0) is 12.4 Å². The molecular formula is C23H23F6N3O. The van der Waals surface area contributed by atoms with Crippen LogP contribution in [0.5, 0.6) is 0 Å². The van der Waals surface area contributed by atoms with Crippen LogP contribution in [0.4, 0.5) is 26.3 Å². The number of aliphatic hydroxyl groups excluding tert-OH is 1. The smallest absolute Gasteiger partial charge is 0.387 e. The summed E-state index contributed by atoms with van der Waals surface area (Å²) in [5.41, 5.74) is -1.09. The van der Waals surface area contributed by atoms with Crippen molar-refractivity contribution in [3.63, 3.8) is 0 Å². The van der Waals surface area contributed by atoms with E-state index in [4.69, 9.17) is 0 Å². The Balaban J connectivity index is 1.67. The molecule has 1 atom stereocenters. The molecule has 2 aromatic rings. The lowest BCUT2D eigenvalue weighted by Gasteiger charge is -2.16. The van der Waals surface area contributed by atoms with Gasteiger partial charge in [-0.1, -0.05) is 30.4 Å². The van der Waals surface area contributed by atoms with Crippen LogP contribution < -0.4 is 10.6 Å². The van der Waals surface area contributed by atoms with Crippen molar-refractivity contribution in [3.05, 3.63) is 77.0 Å². The molecule has 0 saturated heterocycles. The fourth-order valence-electron chi connectivity index (χ4n) is 3.27. The molecule has 0 fully saturated rings. The Bertz CT molecular complexity index is 997. The maximum atomic E-state index is 13.3. The summed E-state index contributed by atoms with van der Waals surface area (Å²) in [5.74, 6) is 0. The third-order valence-electron chi connectivity index (χ3n) is 5.02. The highest BCUT2D eigenvalue weighted by molar-refractivity contribution is 5.61. The number of allylic oxidation sites excluding steroid dienone is 2. The number of benzene rings is 1. The highest BCUT2D eigenvalue weighted by Crippen LogP contribution is 2.34. The molecule has 0 amide bonds. The van der Waals surface area contributed by atoms with Gasteiger partial charge in [-0.2, -0.15) is 26.3 Å². The number of rotatable bonds is 9. The van der Waals surface area contributed by atoms with Gasteiger partial charge in [-0.25, -0.2) is 4.98 Å². The third-order valence-corrected chi connectivity index (χ3v) is 5.02. The average Bonchev–Trinajstić information content (AvgIpc) is 3.28. The molecule has 1 aliphatic rings. The van der Waals surface area contributed by atoms with Gasteiger partial charge in [0.2, 0.25) is 0 Å². The van der Waals surface area contributed by atoms with Crippen LogP contribution in [0.2, 0.25) is 0 Å². The summed E-state index contributed by atoms with van der Waals surface area (Å²) in [7, 11) is 0. The Hall–Kier alpha value is -2.69. The first-order valence-corrected chi connectivity index (χ1v) is 10.3. The van der Waals surface area contributed by atoms with Crippen molar-refractivity contribution in [2.24, 2.45) is 0 Å². The van der Waals surface area contributed by atoms with Crippen molar-refractivity contribution in [1.29, 1.82) is 0 Å². The minimum atomic E-state index is -4.78. The van der Waals surface area contributed by atoms with Crippen LogP contribution in [0.25, 0.3) is 11.3 Å². The van der Waals surface area contributed by atoms with Crippen molar-refractivity contribution in [2.45, 2.75) is 24.9 Å². The lowest BCUT2D eigenvalue weighted by molar-refractivity contribution is -0.141. The molecule has 1 heterocycles. The summed E-state index contributed by atoms with van der Waals surface area (Å²) >= 11 is 0. The lowest BCUT2D eigenvalue weighted by atomic mass is 10.0.